The predicted octanol–water partition coefficient (Wildman–Crippen LogP) is 1.49. The monoisotopic (exact) mass is 326 g/mol. The number of hydrogen-bond donors (Lipinski definition) is 3. The van der Waals surface area contributed by atoms with Gasteiger partial charge < -0.3 is 16.2 Å². The Morgan fingerprint density at radius 1 is 1.25 bits per heavy atom. The molecular weight excluding hydrogens is 304 g/mol. The quantitative estimate of drug-likeness (QED) is 0.778. The van der Waals surface area contributed by atoms with Crippen molar-refractivity contribution in [3.8, 4) is 0 Å². The number of rotatable bonds is 4. The number of aromatic nitrogens is 2. The fourth-order valence-electron chi connectivity index (χ4n) is 6.56. The molecule has 0 spiro atoms. The summed E-state index contributed by atoms with van der Waals surface area (Å²) < 4.78 is 0. The minimum absolute atomic E-state index is 0.116. The summed E-state index contributed by atoms with van der Waals surface area (Å²) in [7, 11) is 0. The largest absolute Gasteiger partial charge is 0.389 e. The summed E-state index contributed by atoms with van der Waals surface area (Å²) >= 11 is 0. The van der Waals surface area contributed by atoms with Gasteiger partial charge in [-0.25, -0.2) is 9.97 Å². The van der Waals surface area contributed by atoms with Gasteiger partial charge in [0.15, 0.2) is 0 Å². The van der Waals surface area contributed by atoms with Crippen LogP contribution in [0.3, 0.4) is 0 Å². The first-order valence-electron chi connectivity index (χ1n) is 9.09. The van der Waals surface area contributed by atoms with Crippen molar-refractivity contribution in [3.63, 3.8) is 0 Å². The Kier molecular flexibility index (Phi) is 2.05. The van der Waals surface area contributed by atoms with Crippen LogP contribution in [-0.2, 0) is 5.41 Å². The second-order valence-corrected chi connectivity index (χ2v) is 9.10. The van der Waals surface area contributed by atoms with E-state index in [0.717, 1.165) is 63.1 Å². The van der Waals surface area contributed by atoms with Gasteiger partial charge in [0.1, 0.15) is 11.6 Å². The number of primary amides is 1. The van der Waals surface area contributed by atoms with Crippen molar-refractivity contribution in [2.75, 3.05) is 5.32 Å². The maximum absolute atomic E-state index is 11.8. The fraction of sp³-hybridized carbons (Fsp3) is 0.722. The number of carbonyl (C=O) groups excluding carboxylic acids is 1. The molecule has 0 radical (unpaired) electrons. The lowest BCUT2D eigenvalue weighted by atomic mass is 9.50. The highest BCUT2D eigenvalue weighted by atomic mass is 16.3. The van der Waals surface area contributed by atoms with Crippen LogP contribution in [0.4, 0.5) is 5.82 Å². The minimum Gasteiger partial charge on any atom is -0.389 e. The Balaban J connectivity index is 1.44. The number of amides is 1. The summed E-state index contributed by atoms with van der Waals surface area (Å²) in [5.41, 5.74) is 5.27. The molecule has 0 aliphatic heterocycles. The van der Waals surface area contributed by atoms with Gasteiger partial charge in [-0.2, -0.15) is 0 Å². The van der Waals surface area contributed by atoms with E-state index in [4.69, 9.17) is 10.7 Å². The lowest BCUT2D eigenvalue weighted by Gasteiger charge is -2.62. The summed E-state index contributed by atoms with van der Waals surface area (Å²) in [6, 6.07) is 0. The van der Waals surface area contributed by atoms with Crippen LogP contribution in [-0.4, -0.2) is 32.1 Å². The molecule has 4 bridgehead atoms. The Morgan fingerprint density at radius 2 is 1.96 bits per heavy atom. The Bertz CT molecular complexity index is 781. The molecule has 1 unspecified atom stereocenters. The molecule has 0 saturated heterocycles. The summed E-state index contributed by atoms with van der Waals surface area (Å²) in [4.78, 5) is 21.1. The van der Waals surface area contributed by atoms with Crippen molar-refractivity contribution < 1.29 is 9.90 Å². The van der Waals surface area contributed by atoms with E-state index in [1.807, 2.05) is 0 Å². The topological polar surface area (TPSA) is 101 Å². The van der Waals surface area contributed by atoms with Crippen molar-refractivity contribution in [2.24, 2.45) is 17.1 Å². The Labute approximate surface area is 140 Å². The van der Waals surface area contributed by atoms with Crippen LogP contribution < -0.4 is 11.1 Å². The van der Waals surface area contributed by atoms with Gasteiger partial charge in [0.05, 0.1) is 16.6 Å². The second-order valence-electron chi connectivity index (χ2n) is 9.10. The summed E-state index contributed by atoms with van der Waals surface area (Å²) in [5.74, 6) is 1.65. The molecule has 24 heavy (non-hydrogen) atoms. The standard InChI is InChI=1S/C18H22N4O2/c19-12(23)11-8-20-14(21-13(11)22-16-5-10(6-16)7-16)18-9-15(18)1-3-17(18,24)4-2-15/h8,10,24H,1-7,9H2,(H2,19,23)(H,20,21,22). The number of aliphatic hydroxyl groups is 1. The molecule has 4 N–H and O–H groups in total. The molecule has 1 atom stereocenters. The van der Waals surface area contributed by atoms with Crippen molar-refractivity contribution in [2.45, 2.75) is 67.9 Å². The fourth-order valence-corrected chi connectivity index (χ4v) is 6.56. The number of nitrogens with two attached hydrogens (primary N) is 1. The van der Waals surface area contributed by atoms with Crippen molar-refractivity contribution in [1.82, 2.24) is 9.97 Å². The van der Waals surface area contributed by atoms with Crippen LogP contribution >= 0.6 is 0 Å². The third kappa shape index (κ3) is 1.27. The van der Waals surface area contributed by atoms with Gasteiger partial charge in [-0.1, -0.05) is 0 Å². The van der Waals surface area contributed by atoms with Crippen LogP contribution in [0.1, 0.15) is 67.5 Å². The molecule has 1 heterocycles. The van der Waals surface area contributed by atoms with Gasteiger partial charge in [0.25, 0.3) is 5.91 Å². The summed E-state index contributed by atoms with van der Waals surface area (Å²) in [5, 5.41) is 14.6. The number of nitrogens with one attached hydrogen (secondary N) is 1. The molecule has 126 valence electrons. The number of anilines is 1. The number of nitrogens with zero attached hydrogens (tertiary/aromatic N) is 2. The summed E-state index contributed by atoms with van der Waals surface area (Å²) in [6.07, 6.45) is 9.86. The van der Waals surface area contributed by atoms with Crippen LogP contribution in [0.25, 0.3) is 0 Å². The van der Waals surface area contributed by atoms with E-state index >= 15 is 0 Å². The molecule has 1 amide bonds. The minimum atomic E-state index is -0.658. The second kappa shape index (κ2) is 3.62. The normalized spacial score (nSPS) is 49.1. The first kappa shape index (κ1) is 13.6. The van der Waals surface area contributed by atoms with E-state index in [1.54, 1.807) is 6.20 Å². The van der Waals surface area contributed by atoms with Crippen LogP contribution in [0.2, 0.25) is 0 Å². The van der Waals surface area contributed by atoms with Gasteiger partial charge in [-0.3, -0.25) is 4.79 Å². The first-order valence-corrected chi connectivity index (χ1v) is 9.09. The van der Waals surface area contributed by atoms with E-state index < -0.39 is 11.5 Å². The van der Waals surface area contributed by atoms with Crippen molar-refractivity contribution in [1.29, 1.82) is 0 Å². The van der Waals surface area contributed by atoms with Gasteiger partial charge in [0, 0.05) is 11.7 Å². The zero-order valence-corrected chi connectivity index (χ0v) is 13.6. The molecule has 1 aromatic rings. The molecule has 6 saturated carbocycles. The maximum atomic E-state index is 11.8. The highest BCUT2D eigenvalue weighted by molar-refractivity contribution is 5.97. The smallest absolute Gasteiger partial charge is 0.254 e. The predicted molar refractivity (Wildman–Crippen MR) is 86.4 cm³/mol. The van der Waals surface area contributed by atoms with E-state index in [2.05, 4.69) is 10.3 Å². The number of hydrogen-bond acceptors (Lipinski definition) is 5. The third-order valence-corrected chi connectivity index (χ3v) is 8.07. The molecule has 7 rings (SSSR count). The van der Waals surface area contributed by atoms with Crippen LogP contribution in [0, 0.1) is 11.3 Å². The molecule has 6 nitrogen and oxygen atoms in total. The molecule has 1 aromatic heterocycles. The Morgan fingerprint density at radius 3 is 2.42 bits per heavy atom. The van der Waals surface area contributed by atoms with Gasteiger partial charge in [-0.05, 0) is 62.7 Å². The highest BCUT2D eigenvalue weighted by Gasteiger charge is 2.85. The highest BCUT2D eigenvalue weighted by Crippen LogP contribution is 2.84. The third-order valence-electron chi connectivity index (χ3n) is 8.07. The molecule has 6 fully saturated rings. The van der Waals surface area contributed by atoms with E-state index in [-0.39, 0.29) is 16.4 Å². The van der Waals surface area contributed by atoms with Gasteiger partial charge in [0.2, 0.25) is 0 Å². The van der Waals surface area contributed by atoms with Gasteiger partial charge >= 0.3 is 0 Å². The molecule has 6 heteroatoms. The molecule has 6 aliphatic carbocycles. The maximum Gasteiger partial charge on any atom is 0.254 e. The van der Waals surface area contributed by atoms with E-state index in [9.17, 15) is 9.90 Å². The first-order chi connectivity index (χ1) is 11.4. The molecule has 0 aromatic carbocycles. The van der Waals surface area contributed by atoms with Crippen molar-refractivity contribution in [3.05, 3.63) is 17.6 Å². The average Bonchev–Trinajstić information content (AvgIpc) is 3.02. The van der Waals surface area contributed by atoms with E-state index in [0.29, 0.717) is 11.4 Å². The molecular formula is C18H22N4O2. The van der Waals surface area contributed by atoms with E-state index in [1.165, 1.54) is 0 Å². The van der Waals surface area contributed by atoms with Crippen LogP contribution in [0.5, 0.6) is 0 Å². The SMILES string of the molecule is NC(=O)c1cnc(C23CC24CCC3(O)CC4)nc1NC12CC(C1)C2. The number of carbonyl (C=O) groups is 1. The molecule has 6 aliphatic rings. The van der Waals surface area contributed by atoms with Gasteiger partial charge in [-0.15, -0.1) is 0 Å². The Hall–Kier alpha value is -1.69. The lowest BCUT2D eigenvalue weighted by Crippen LogP contribution is -2.63. The zero-order valence-electron chi connectivity index (χ0n) is 13.6. The average molecular weight is 326 g/mol. The van der Waals surface area contributed by atoms with Crippen molar-refractivity contribution >= 4 is 11.7 Å². The summed E-state index contributed by atoms with van der Waals surface area (Å²) in [6.45, 7) is 0. The van der Waals surface area contributed by atoms with Crippen LogP contribution in [0.15, 0.2) is 6.20 Å². The zero-order chi connectivity index (χ0) is 16.4. The lowest BCUT2D eigenvalue weighted by molar-refractivity contribution is 0.00123.